The largest absolute Gasteiger partial charge is 0.494 e. The van der Waals surface area contributed by atoms with Crippen molar-refractivity contribution >= 4 is 27.9 Å². The predicted molar refractivity (Wildman–Crippen MR) is 143 cm³/mol. The molecule has 3 aromatic rings. The van der Waals surface area contributed by atoms with Crippen molar-refractivity contribution in [2.24, 2.45) is 16.6 Å². The van der Waals surface area contributed by atoms with Crippen molar-refractivity contribution in [1.82, 2.24) is 14.5 Å². The molecule has 0 bridgehead atoms. The van der Waals surface area contributed by atoms with Crippen LogP contribution in [0.5, 0.6) is 11.5 Å². The second-order valence-corrected chi connectivity index (χ2v) is 9.21. The van der Waals surface area contributed by atoms with Gasteiger partial charge < -0.3 is 15.2 Å². The number of ether oxygens (including phenoxy) is 2. The molecule has 200 valence electrons. The normalized spacial score (nSPS) is 13.0. The number of carbonyl (C=O) groups excluding carboxylic acids is 1. The Bertz CT molecular complexity index is 1590. The van der Waals surface area contributed by atoms with Gasteiger partial charge in [0, 0.05) is 29.4 Å². The molecule has 1 aliphatic rings. The van der Waals surface area contributed by atoms with Gasteiger partial charge in [-0.3, -0.25) is 24.5 Å². The number of thioether (sulfide) groups is 1. The lowest BCUT2D eigenvalue weighted by molar-refractivity contribution is 0.100. The summed E-state index contributed by atoms with van der Waals surface area (Å²) >= 11 is 0.717. The molecular formula is C26H22F2N6O4S. The number of nitrogens with two attached hydrogens (primary N) is 1. The first-order chi connectivity index (χ1) is 18.7. The van der Waals surface area contributed by atoms with Gasteiger partial charge in [0.25, 0.3) is 17.9 Å². The summed E-state index contributed by atoms with van der Waals surface area (Å²) in [7, 11) is 2.66. The van der Waals surface area contributed by atoms with E-state index in [0.717, 1.165) is 43.1 Å². The number of aliphatic imine (C=N–C) groups is 1. The zero-order valence-electron chi connectivity index (χ0n) is 20.8. The number of nitrogens with zero attached hydrogens (tertiary/aromatic N) is 4. The number of halogens is 2. The molecule has 0 spiro atoms. The molecule has 3 aromatic heterocycles. The number of aromatic nitrogens is 3. The van der Waals surface area contributed by atoms with Gasteiger partial charge in [-0.05, 0) is 54.8 Å². The molecule has 1 amide bonds. The highest BCUT2D eigenvalue weighted by Gasteiger charge is 2.22. The van der Waals surface area contributed by atoms with Crippen LogP contribution in [0.1, 0.15) is 35.3 Å². The molecule has 0 saturated heterocycles. The smallest absolute Gasteiger partial charge is 0.298 e. The molecule has 39 heavy (non-hydrogen) atoms. The Morgan fingerprint density at radius 1 is 1.21 bits per heavy atom. The summed E-state index contributed by atoms with van der Waals surface area (Å²) in [6.07, 6.45) is 2.78. The molecule has 0 unspecified atom stereocenters. The third kappa shape index (κ3) is 6.47. The van der Waals surface area contributed by atoms with E-state index in [1.807, 2.05) is 0 Å². The Morgan fingerprint density at radius 3 is 2.62 bits per heavy atom. The van der Waals surface area contributed by atoms with E-state index in [0.29, 0.717) is 0 Å². The van der Waals surface area contributed by atoms with E-state index in [-0.39, 0.29) is 50.1 Å². The van der Waals surface area contributed by atoms with Crippen LogP contribution in [0.4, 0.5) is 8.78 Å². The molecule has 0 aromatic carbocycles. The van der Waals surface area contributed by atoms with Crippen LogP contribution in [0.25, 0.3) is 16.9 Å². The van der Waals surface area contributed by atoms with Gasteiger partial charge in [0.1, 0.15) is 22.3 Å². The highest BCUT2D eigenvalue weighted by molar-refractivity contribution is 8.26. The number of rotatable bonds is 6. The van der Waals surface area contributed by atoms with E-state index in [2.05, 4.69) is 26.8 Å². The first-order valence-electron chi connectivity index (χ1n) is 11.5. The Hall–Kier alpha value is -4.57. The van der Waals surface area contributed by atoms with Crippen molar-refractivity contribution in [2.75, 3.05) is 14.2 Å². The molecule has 10 nitrogen and oxygen atoms in total. The zero-order chi connectivity index (χ0) is 28.1. The summed E-state index contributed by atoms with van der Waals surface area (Å²) in [6.45, 7) is 0. The quantitative estimate of drug-likeness (QED) is 0.267. The summed E-state index contributed by atoms with van der Waals surface area (Å²) in [6, 6.07) is 5.48. The molecule has 1 saturated carbocycles. The number of carbonyl (C=O) groups is 1. The fraction of sp³-hybridized carbons (Fsp3) is 0.231. The number of pyridine rings is 3. The lowest BCUT2D eigenvalue weighted by Gasteiger charge is -2.15. The topological polar surface area (TPSA) is 146 Å². The van der Waals surface area contributed by atoms with Gasteiger partial charge in [-0.2, -0.15) is 4.99 Å². The van der Waals surface area contributed by atoms with Gasteiger partial charge in [-0.15, -0.1) is 0 Å². The first kappa shape index (κ1) is 27.5. The van der Waals surface area contributed by atoms with Crippen LogP contribution in [0.3, 0.4) is 0 Å². The molecule has 1 aliphatic carbocycles. The molecule has 4 rings (SSSR count). The van der Waals surface area contributed by atoms with Gasteiger partial charge in [-0.25, -0.2) is 13.8 Å². The minimum Gasteiger partial charge on any atom is -0.494 e. The van der Waals surface area contributed by atoms with E-state index in [1.54, 1.807) is 6.07 Å². The molecule has 0 aliphatic heterocycles. The Kier molecular flexibility index (Phi) is 8.36. The van der Waals surface area contributed by atoms with Crippen molar-refractivity contribution in [1.29, 1.82) is 5.41 Å². The Balaban J connectivity index is 1.82. The number of alkyl halides is 2. The van der Waals surface area contributed by atoms with Crippen LogP contribution >= 0.6 is 11.8 Å². The number of amidine groups is 1. The second-order valence-electron chi connectivity index (χ2n) is 8.18. The van der Waals surface area contributed by atoms with Crippen molar-refractivity contribution in [3.63, 3.8) is 0 Å². The van der Waals surface area contributed by atoms with Crippen LogP contribution in [0.2, 0.25) is 0 Å². The summed E-state index contributed by atoms with van der Waals surface area (Å²) in [4.78, 5) is 37.8. The van der Waals surface area contributed by atoms with Crippen LogP contribution < -0.4 is 20.8 Å². The maximum Gasteiger partial charge on any atom is 0.298 e. The molecular weight excluding hydrogens is 530 g/mol. The van der Waals surface area contributed by atoms with Crippen molar-refractivity contribution in [2.45, 2.75) is 19.3 Å². The average Bonchev–Trinajstić information content (AvgIpc) is 3.76. The number of nitrogens with one attached hydrogen (secondary N) is 1. The summed E-state index contributed by atoms with van der Waals surface area (Å²) < 4.78 is 38.6. The summed E-state index contributed by atoms with van der Waals surface area (Å²) in [5.41, 5.74) is 4.87. The SMILES string of the molecule is COc1cnc(C(F)F)cc1-c1cc(-n2cccc(OC)c2=O)ncc1C(=O)N=C(N)SC(=N)C#CC1CC1. The molecule has 0 radical (unpaired) electrons. The Labute approximate surface area is 225 Å². The van der Waals surface area contributed by atoms with E-state index in [4.69, 9.17) is 20.6 Å². The van der Waals surface area contributed by atoms with Crippen LogP contribution in [-0.2, 0) is 0 Å². The van der Waals surface area contributed by atoms with Crippen LogP contribution in [0.15, 0.2) is 52.6 Å². The number of hydrogen-bond donors (Lipinski definition) is 2. The Morgan fingerprint density at radius 2 is 1.95 bits per heavy atom. The highest BCUT2D eigenvalue weighted by atomic mass is 32.2. The maximum atomic E-state index is 13.5. The number of methoxy groups -OCH3 is 2. The van der Waals surface area contributed by atoms with Gasteiger partial charge in [0.15, 0.2) is 10.9 Å². The van der Waals surface area contributed by atoms with Crippen LogP contribution in [0, 0.1) is 23.2 Å². The number of amides is 1. The monoisotopic (exact) mass is 552 g/mol. The van der Waals surface area contributed by atoms with E-state index in [1.165, 1.54) is 37.1 Å². The fourth-order valence-electron chi connectivity index (χ4n) is 3.44. The van der Waals surface area contributed by atoms with Crippen LogP contribution in [-0.4, -0.2) is 44.9 Å². The lowest BCUT2D eigenvalue weighted by atomic mass is 10.00. The van der Waals surface area contributed by atoms with E-state index < -0.39 is 23.6 Å². The standard InChI is InChI=1S/C26H22F2N6O4S/c1-37-19-4-3-9-34(25(19)36)22-11-15(16-10-18(23(27)28)31-13-20(16)38-2)17(12-32-22)24(35)33-26(30)39-21(29)8-7-14-5-6-14/h3-4,9-14,23,29H,5-6H2,1-2H3,(H2,30,33,35). The lowest BCUT2D eigenvalue weighted by Crippen LogP contribution is -2.20. The second kappa shape index (κ2) is 11.9. The van der Waals surface area contributed by atoms with Gasteiger partial charge in [-0.1, -0.05) is 5.92 Å². The summed E-state index contributed by atoms with van der Waals surface area (Å²) in [5.74, 6) is 5.23. The van der Waals surface area contributed by atoms with Crippen molar-refractivity contribution < 1.29 is 23.0 Å². The average molecular weight is 553 g/mol. The van der Waals surface area contributed by atoms with E-state index in [9.17, 15) is 18.4 Å². The zero-order valence-corrected chi connectivity index (χ0v) is 21.6. The molecule has 13 heteroatoms. The molecule has 1 fully saturated rings. The maximum absolute atomic E-state index is 13.5. The first-order valence-corrected chi connectivity index (χ1v) is 12.3. The minimum absolute atomic E-state index is 0.0455. The fourth-order valence-corrected chi connectivity index (χ4v) is 3.89. The third-order valence-electron chi connectivity index (χ3n) is 5.51. The highest BCUT2D eigenvalue weighted by Crippen LogP contribution is 2.35. The predicted octanol–water partition coefficient (Wildman–Crippen LogP) is 3.83. The number of hydrogen-bond acceptors (Lipinski definition) is 8. The third-order valence-corrected chi connectivity index (χ3v) is 6.11. The molecule has 3 N–H and O–H groups in total. The minimum atomic E-state index is -2.90. The molecule has 3 heterocycles. The van der Waals surface area contributed by atoms with Gasteiger partial charge in [0.05, 0.1) is 26.0 Å². The van der Waals surface area contributed by atoms with E-state index >= 15 is 0 Å². The summed E-state index contributed by atoms with van der Waals surface area (Å²) in [5, 5.41) is 7.62. The van der Waals surface area contributed by atoms with Gasteiger partial charge in [0.2, 0.25) is 0 Å². The van der Waals surface area contributed by atoms with Gasteiger partial charge >= 0.3 is 0 Å². The van der Waals surface area contributed by atoms with Crippen molar-refractivity contribution in [3.05, 3.63) is 64.5 Å². The van der Waals surface area contributed by atoms with Crippen molar-refractivity contribution in [3.8, 4) is 40.3 Å². The molecule has 0 atom stereocenters.